The molecule has 2 aromatic heterocycles. The zero-order valence-corrected chi connectivity index (χ0v) is 15.5. The molecule has 1 amide bonds. The van der Waals surface area contributed by atoms with E-state index in [9.17, 15) is 4.79 Å². The fraction of sp³-hybridized carbons (Fsp3) is 0.111. The molecule has 0 saturated carbocycles. The van der Waals surface area contributed by atoms with E-state index in [1.807, 2.05) is 0 Å². The second-order valence-electron chi connectivity index (χ2n) is 6.05. The van der Waals surface area contributed by atoms with Gasteiger partial charge in [-0.2, -0.15) is 10.1 Å². The highest BCUT2D eigenvalue weighted by molar-refractivity contribution is 6.35. The fourth-order valence-corrected chi connectivity index (χ4v) is 3.66. The van der Waals surface area contributed by atoms with Gasteiger partial charge in [-0.3, -0.25) is 4.79 Å². The van der Waals surface area contributed by atoms with Gasteiger partial charge in [-0.25, -0.2) is 9.67 Å². The Morgan fingerprint density at radius 2 is 2.19 bits per heavy atom. The number of aromatic nitrogens is 4. The smallest absolute Gasteiger partial charge is 0.236 e. The third-order valence-electron chi connectivity index (χ3n) is 4.34. The topological polar surface area (TPSA) is 86.0 Å². The van der Waals surface area contributed by atoms with Crippen LogP contribution in [0.1, 0.15) is 11.6 Å². The molecule has 0 fully saturated rings. The van der Waals surface area contributed by atoms with Gasteiger partial charge in [0.2, 0.25) is 11.9 Å². The summed E-state index contributed by atoms with van der Waals surface area (Å²) in [4.78, 5) is 20.2. The number of nitrogens with zero attached hydrogens (tertiary/aromatic N) is 3. The van der Waals surface area contributed by atoms with E-state index in [0.29, 0.717) is 32.9 Å². The Kier molecular flexibility index (Phi) is 4.55. The Hall–Kier alpha value is -2.90. The molecule has 3 aromatic rings. The lowest BCUT2D eigenvalue weighted by Gasteiger charge is -2.34. The maximum Gasteiger partial charge on any atom is 0.236 e. The lowest BCUT2D eigenvalue weighted by atomic mass is 9.88. The Bertz CT molecular complexity index is 1020. The Morgan fingerprint density at radius 1 is 1.33 bits per heavy atom. The highest BCUT2D eigenvalue weighted by Crippen LogP contribution is 2.40. The molecule has 3 N–H and O–H groups in total. The van der Waals surface area contributed by atoms with Crippen LogP contribution in [0.4, 0.5) is 11.6 Å². The van der Waals surface area contributed by atoms with Gasteiger partial charge in [-0.15, -0.1) is 0 Å². The number of benzene rings is 1. The number of halogens is 2. The summed E-state index contributed by atoms with van der Waals surface area (Å²) >= 11 is 12.5. The number of rotatable bonds is 3. The normalized spacial score (nSPS) is 18.5. The van der Waals surface area contributed by atoms with Gasteiger partial charge in [-0.1, -0.05) is 35.8 Å². The molecule has 4 rings (SSSR count). The summed E-state index contributed by atoms with van der Waals surface area (Å²) in [5.74, 6) is -0.421. The third-order valence-corrected chi connectivity index (χ3v) is 4.90. The van der Waals surface area contributed by atoms with E-state index in [-0.39, 0.29) is 5.91 Å². The molecule has 0 bridgehead atoms. The van der Waals surface area contributed by atoms with Crippen LogP contribution in [-0.2, 0) is 4.79 Å². The molecule has 27 heavy (non-hydrogen) atoms. The number of hydrogen-bond acceptors (Lipinski definition) is 4. The highest BCUT2D eigenvalue weighted by atomic mass is 35.5. The van der Waals surface area contributed by atoms with E-state index in [2.05, 4.69) is 32.3 Å². The summed E-state index contributed by atoms with van der Waals surface area (Å²) in [6.07, 6.45) is 4.87. The lowest BCUT2D eigenvalue weighted by Crippen LogP contribution is -2.39. The van der Waals surface area contributed by atoms with E-state index < -0.39 is 12.0 Å². The number of aromatic amines is 1. The molecule has 2 atom stereocenters. The van der Waals surface area contributed by atoms with Crippen molar-refractivity contribution in [1.82, 2.24) is 14.8 Å². The van der Waals surface area contributed by atoms with Crippen LogP contribution in [0, 0.1) is 5.92 Å². The van der Waals surface area contributed by atoms with Gasteiger partial charge in [-0.05, 0) is 23.8 Å². The molecular weight excluding hydrogens is 387 g/mol. The Balaban J connectivity index is 1.78. The molecule has 136 valence electrons. The number of nitrogens with one attached hydrogen (secondary N) is 3. The number of fused-ring (bicyclic) bond motifs is 1. The van der Waals surface area contributed by atoms with Crippen molar-refractivity contribution < 1.29 is 9.78 Å². The third kappa shape index (κ3) is 3.27. The first kappa shape index (κ1) is 17.5. The summed E-state index contributed by atoms with van der Waals surface area (Å²) in [7, 11) is 0. The first-order valence-electron chi connectivity index (χ1n) is 8.12. The standard InChI is InChI=1S/C18H14Cl2N6O/c1-10-15(17(27)25-12-3-2-6-21-8-12)16(26-18(24-10)22-9-23-26)13-5-4-11(19)7-14(13)20/h2-9,15-16H,1H2,(H,25,27)(H,22,23,24)/p+1. The maximum absolute atomic E-state index is 13.1. The van der Waals surface area contributed by atoms with Crippen LogP contribution in [0.5, 0.6) is 0 Å². The number of hydrogen-bond donors (Lipinski definition) is 2. The lowest BCUT2D eigenvalue weighted by molar-refractivity contribution is -0.377. The van der Waals surface area contributed by atoms with Crippen LogP contribution in [0.2, 0.25) is 10.0 Å². The van der Waals surface area contributed by atoms with Crippen molar-refractivity contribution in [3.05, 3.63) is 76.9 Å². The molecule has 1 aromatic carbocycles. The molecule has 1 aliphatic heterocycles. The minimum Gasteiger partial charge on any atom is -0.328 e. The number of carbonyl (C=O) groups is 1. The van der Waals surface area contributed by atoms with E-state index in [0.717, 1.165) is 0 Å². The molecule has 9 heteroatoms. The summed E-state index contributed by atoms with van der Waals surface area (Å²) < 4.78 is 1.63. The van der Waals surface area contributed by atoms with Gasteiger partial charge in [0.05, 0.1) is 6.04 Å². The van der Waals surface area contributed by atoms with Crippen LogP contribution < -0.4 is 15.6 Å². The summed E-state index contributed by atoms with van der Waals surface area (Å²) in [6, 6.07) is 8.22. The largest absolute Gasteiger partial charge is 0.328 e. The van der Waals surface area contributed by atoms with E-state index in [4.69, 9.17) is 23.2 Å². The number of anilines is 2. The average molecular weight is 402 g/mol. The monoisotopic (exact) mass is 401 g/mol. The predicted molar refractivity (Wildman–Crippen MR) is 103 cm³/mol. The molecular formula is C18H15Cl2N6O+. The molecule has 2 unspecified atom stereocenters. The van der Waals surface area contributed by atoms with Gasteiger partial charge >= 0.3 is 0 Å². The van der Waals surface area contributed by atoms with Gasteiger partial charge in [0.25, 0.3) is 0 Å². The Morgan fingerprint density at radius 3 is 2.93 bits per heavy atom. The zero-order chi connectivity index (χ0) is 19.0. The van der Waals surface area contributed by atoms with Crippen molar-refractivity contribution in [3.8, 4) is 0 Å². The van der Waals surface area contributed by atoms with Crippen molar-refractivity contribution in [1.29, 1.82) is 0 Å². The first-order valence-corrected chi connectivity index (χ1v) is 8.87. The van der Waals surface area contributed by atoms with Gasteiger partial charge in [0, 0.05) is 21.8 Å². The molecule has 7 nitrogen and oxygen atoms in total. The second kappa shape index (κ2) is 7.02. The first-order chi connectivity index (χ1) is 13.0. The van der Waals surface area contributed by atoms with Crippen LogP contribution in [0.3, 0.4) is 0 Å². The van der Waals surface area contributed by atoms with Crippen LogP contribution in [0.15, 0.2) is 61.3 Å². The minimum absolute atomic E-state index is 0.246. The van der Waals surface area contributed by atoms with Crippen molar-refractivity contribution in [2.24, 2.45) is 5.92 Å². The molecule has 1 aliphatic rings. The molecule has 0 radical (unpaired) electrons. The summed E-state index contributed by atoms with van der Waals surface area (Å²) in [5.41, 5.74) is 1.85. The van der Waals surface area contributed by atoms with E-state index in [1.165, 1.54) is 6.33 Å². The van der Waals surface area contributed by atoms with Gasteiger partial charge in [0.1, 0.15) is 17.9 Å². The van der Waals surface area contributed by atoms with Crippen LogP contribution in [0.25, 0.3) is 0 Å². The highest BCUT2D eigenvalue weighted by Gasteiger charge is 2.40. The number of carbonyl (C=O) groups excluding carboxylic acids is 1. The fourth-order valence-electron chi connectivity index (χ4n) is 3.14. The van der Waals surface area contributed by atoms with Crippen molar-refractivity contribution in [3.63, 3.8) is 0 Å². The van der Waals surface area contributed by atoms with Crippen molar-refractivity contribution >= 4 is 40.7 Å². The average Bonchev–Trinajstić information content (AvgIpc) is 3.09. The van der Waals surface area contributed by atoms with Crippen LogP contribution in [-0.4, -0.2) is 20.7 Å². The second-order valence-corrected chi connectivity index (χ2v) is 6.89. The predicted octanol–water partition coefficient (Wildman–Crippen LogP) is 3.18. The summed E-state index contributed by atoms with van der Waals surface area (Å²) in [5, 5.41) is 11.2. The van der Waals surface area contributed by atoms with Gasteiger partial charge < -0.3 is 10.6 Å². The molecule has 3 heterocycles. The number of pyridine rings is 1. The van der Waals surface area contributed by atoms with Crippen molar-refractivity contribution in [2.45, 2.75) is 6.04 Å². The molecule has 0 saturated heterocycles. The molecule has 0 spiro atoms. The zero-order valence-electron chi connectivity index (χ0n) is 14.0. The van der Waals surface area contributed by atoms with E-state index >= 15 is 0 Å². The Labute approximate surface area is 165 Å². The number of amides is 1. The van der Waals surface area contributed by atoms with Crippen LogP contribution >= 0.6 is 23.2 Å². The number of H-pyrrole nitrogens is 1. The summed E-state index contributed by atoms with van der Waals surface area (Å²) in [6.45, 7) is 4.03. The SMILES string of the molecule is C=C1Nc2ncnn2C(c2ccc(Cl)cc2Cl)C1C(=O)Nc1ccc[nH+]c1. The quantitative estimate of drug-likeness (QED) is 0.705. The van der Waals surface area contributed by atoms with Gasteiger partial charge in [0.15, 0.2) is 12.4 Å². The molecule has 0 aliphatic carbocycles. The minimum atomic E-state index is -0.668. The maximum atomic E-state index is 13.1. The van der Waals surface area contributed by atoms with Crippen molar-refractivity contribution in [2.75, 3.05) is 10.6 Å². The van der Waals surface area contributed by atoms with E-state index in [1.54, 1.807) is 47.4 Å².